The number of rotatable bonds is 8. The Morgan fingerprint density at radius 3 is 2.42 bits per heavy atom. The smallest absolute Gasteiger partial charge is 0.329 e. The van der Waals surface area contributed by atoms with Gasteiger partial charge < -0.3 is 10.1 Å². The van der Waals surface area contributed by atoms with Crippen molar-refractivity contribution in [2.45, 2.75) is 52.1 Å². The molecule has 1 rings (SSSR count). The molecule has 0 aromatic carbocycles. The van der Waals surface area contributed by atoms with Crippen molar-refractivity contribution >= 4 is 11.9 Å². The monoisotopic (exact) mass is 270 g/mol. The molecule has 1 aliphatic carbocycles. The molecule has 0 aromatic heterocycles. The molecule has 0 aliphatic heterocycles. The highest BCUT2D eigenvalue weighted by Gasteiger charge is 2.32. The molecule has 110 valence electrons. The summed E-state index contributed by atoms with van der Waals surface area (Å²) in [5, 5.41) is 2.68. The van der Waals surface area contributed by atoms with Crippen LogP contribution in [0.1, 0.15) is 40.0 Å². The van der Waals surface area contributed by atoms with Crippen LogP contribution in [-0.2, 0) is 14.3 Å². The number of methoxy groups -OCH3 is 1. The van der Waals surface area contributed by atoms with Crippen molar-refractivity contribution in [3.63, 3.8) is 0 Å². The van der Waals surface area contributed by atoms with E-state index < -0.39 is 6.04 Å². The first kappa shape index (κ1) is 16.0. The van der Waals surface area contributed by atoms with Gasteiger partial charge in [-0.15, -0.1) is 0 Å². The van der Waals surface area contributed by atoms with E-state index in [0.717, 1.165) is 13.0 Å². The molecule has 19 heavy (non-hydrogen) atoms. The summed E-state index contributed by atoms with van der Waals surface area (Å²) in [5.74, 6) is 0.0685. The summed E-state index contributed by atoms with van der Waals surface area (Å²) in [6.45, 7) is 7.32. The molecule has 1 fully saturated rings. The van der Waals surface area contributed by atoms with Gasteiger partial charge in [-0.2, -0.15) is 0 Å². The lowest BCUT2D eigenvalue weighted by Gasteiger charge is -2.27. The first-order valence-corrected chi connectivity index (χ1v) is 7.03. The summed E-state index contributed by atoms with van der Waals surface area (Å²) in [5.41, 5.74) is 0. The van der Waals surface area contributed by atoms with Crippen LogP contribution in [0.25, 0.3) is 0 Å². The third-order valence-corrected chi connectivity index (χ3v) is 3.34. The standard InChI is InChI=1S/C14H26N2O3/c1-10(2)7-8-16(12-5-6-12)9-13(14(18)19-4)15-11(3)17/h10,12-13H,5-9H2,1-4H3,(H,15,17). The van der Waals surface area contributed by atoms with E-state index in [1.807, 2.05) is 0 Å². The maximum Gasteiger partial charge on any atom is 0.329 e. The van der Waals surface area contributed by atoms with Crippen LogP contribution in [0, 0.1) is 5.92 Å². The Morgan fingerprint density at radius 1 is 1.37 bits per heavy atom. The maximum atomic E-state index is 11.7. The second-order valence-corrected chi connectivity index (χ2v) is 5.68. The van der Waals surface area contributed by atoms with Gasteiger partial charge in [-0.05, 0) is 31.7 Å². The molecule has 0 aromatic rings. The van der Waals surface area contributed by atoms with Gasteiger partial charge in [-0.25, -0.2) is 4.79 Å². The second kappa shape index (κ2) is 7.48. The van der Waals surface area contributed by atoms with Gasteiger partial charge in [0.1, 0.15) is 6.04 Å². The SMILES string of the molecule is COC(=O)C(CN(CCC(C)C)C1CC1)NC(C)=O. The van der Waals surface area contributed by atoms with Gasteiger partial charge in [0.2, 0.25) is 5.91 Å². The fourth-order valence-corrected chi connectivity index (χ4v) is 2.09. The Labute approximate surface area is 115 Å². The van der Waals surface area contributed by atoms with Crippen molar-refractivity contribution in [1.82, 2.24) is 10.2 Å². The number of carbonyl (C=O) groups is 2. The van der Waals surface area contributed by atoms with E-state index in [1.165, 1.54) is 26.9 Å². The third-order valence-electron chi connectivity index (χ3n) is 3.34. The Balaban J connectivity index is 2.56. The van der Waals surface area contributed by atoms with E-state index in [0.29, 0.717) is 18.5 Å². The zero-order valence-corrected chi connectivity index (χ0v) is 12.4. The predicted molar refractivity (Wildman–Crippen MR) is 73.7 cm³/mol. The minimum atomic E-state index is -0.560. The molecule has 0 radical (unpaired) electrons. The second-order valence-electron chi connectivity index (χ2n) is 5.68. The largest absolute Gasteiger partial charge is 0.467 e. The molecule has 0 spiro atoms. The molecule has 1 saturated carbocycles. The Kier molecular flexibility index (Phi) is 6.28. The lowest BCUT2D eigenvalue weighted by molar-refractivity contribution is -0.145. The van der Waals surface area contributed by atoms with Gasteiger partial charge in [0.05, 0.1) is 7.11 Å². The molecule has 1 unspecified atom stereocenters. The van der Waals surface area contributed by atoms with Crippen LogP contribution in [0.2, 0.25) is 0 Å². The summed E-state index contributed by atoms with van der Waals surface area (Å²) < 4.78 is 4.76. The van der Waals surface area contributed by atoms with Crippen molar-refractivity contribution in [1.29, 1.82) is 0 Å². The summed E-state index contributed by atoms with van der Waals surface area (Å²) in [6.07, 6.45) is 3.47. The number of carbonyl (C=O) groups excluding carboxylic acids is 2. The number of hydrogen-bond acceptors (Lipinski definition) is 4. The topological polar surface area (TPSA) is 58.6 Å². The first-order chi connectivity index (χ1) is 8.93. The van der Waals surface area contributed by atoms with E-state index in [9.17, 15) is 9.59 Å². The average molecular weight is 270 g/mol. The molecule has 1 atom stereocenters. The van der Waals surface area contributed by atoms with E-state index in [4.69, 9.17) is 4.74 Å². The maximum absolute atomic E-state index is 11.7. The van der Waals surface area contributed by atoms with Crippen LogP contribution in [-0.4, -0.2) is 49.1 Å². The predicted octanol–water partition coefficient (Wildman–Crippen LogP) is 1.17. The van der Waals surface area contributed by atoms with Gasteiger partial charge >= 0.3 is 5.97 Å². The quantitative estimate of drug-likeness (QED) is 0.673. The highest BCUT2D eigenvalue weighted by molar-refractivity contribution is 5.83. The number of hydrogen-bond donors (Lipinski definition) is 1. The van der Waals surface area contributed by atoms with Gasteiger partial charge in [0, 0.05) is 19.5 Å². The van der Waals surface area contributed by atoms with Crippen molar-refractivity contribution in [2.24, 2.45) is 5.92 Å². The van der Waals surface area contributed by atoms with Crippen molar-refractivity contribution in [3.05, 3.63) is 0 Å². The van der Waals surface area contributed by atoms with Gasteiger partial charge in [0.15, 0.2) is 0 Å². The summed E-state index contributed by atoms with van der Waals surface area (Å²) in [4.78, 5) is 25.2. The fourth-order valence-electron chi connectivity index (χ4n) is 2.09. The van der Waals surface area contributed by atoms with E-state index in [1.54, 1.807) is 0 Å². The van der Waals surface area contributed by atoms with E-state index >= 15 is 0 Å². The molecule has 1 amide bonds. The lowest BCUT2D eigenvalue weighted by Crippen LogP contribution is -2.49. The first-order valence-electron chi connectivity index (χ1n) is 7.03. The Bertz CT molecular complexity index is 314. The van der Waals surface area contributed by atoms with Crippen LogP contribution in [0.4, 0.5) is 0 Å². The van der Waals surface area contributed by atoms with Crippen molar-refractivity contribution in [2.75, 3.05) is 20.2 Å². The number of amides is 1. The Hall–Kier alpha value is -1.10. The minimum absolute atomic E-state index is 0.199. The normalized spacial score (nSPS) is 16.5. The van der Waals surface area contributed by atoms with Crippen molar-refractivity contribution in [3.8, 4) is 0 Å². The summed E-state index contributed by atoms with van der Waals surface area (Å²) in [7, 11) is 1.35. The lowest BCUT2D eigenvalue weighted by atomic mass is 10.1. The Morgan fingerprint density at radius 2 is 2.00 bits per heavy atom. The van der Waals surface area contributed by atoms with Crippen LogP contribution in [0.15, 0.2) is 0 Å². The van der Waals surface area contributed by atoms with Crippen LogP contribution < -0.4 is 5.32 Å². The zero-order valence-electron chi connectivity index (χ0n) is 12.4. The molecular formula is C14H26N2O3. The summed E-state index contributed by atoms with van der Waals surface area (Å²) in [6, 6.07) is 0.00919. The molecular weight excluding hydrogens is 244 g/mol. The number of ether oxygens (including phenoxy) is 1. The molecule has 1 N–H and O–H groups in total. The summed E-state index contributed by atoms with van der Waals surface area (Å²) >= 11 is 0. The fraction of sp³-hybridized carbons (Fsp3) is 0.857. The van der Waals surface area contributed by atoms with Gasteiger partial charge in [0.25, 0.3) is 0 Å². The number of nitrogens with one attached hydrogen (secondary N) is 1. The van der Waals surface area contributed by atoms with Gasteiger partial charge in [-0.1, -0.05) is 13.8 Å². The minimum Gasteiger partial charge on any atom is -0.467 e. The highest BCUT2D eigenvalue weighted by atomic mass is 16.5. The van der Waals surface area contributed by atoms with Crippen LogP contribution in [0.5, 0.6) is 0 Å². The molecule has 0 heterocycles. The highest BCUT2D eigenvalue weighted by Crippen LogP contribution is 2.27. The zero-order chi connectivity index (χ0) is 14.4. The number of esters is 1. The van der Waals surface area contributed by atoms with Crippen LogP contribution in [0.3, 0.4) is 0 Å². The van der Waals surface area contributed by atoms with Crippen LogP contribution >= 0.6 is 0 Å². The van der Waals surface area contributed by atoms with Gasteiger partial charge in [-0.3, -0.25) is 9.69 Å². The average Bonchev–Trinajstić information content (AvgIpc) is 3.15. The molecule has 5 nitrogen and oxygen atoms in total. The molecule has 0 bridgehead atoms. The van der Waals surface area contributed by atoms with Crippen molar-refractivity contribution < 1.29 is 14.3 Å². The van der Waals surface area contributed by atoms with E-state index in [2.05, 4.69) is 24.1 Å². The molecule has 1 aliphatic rings. The number of nitrogens with zero attached hydrogens (tertiary/aromatic N) is 1. The third kappa shape index (κ3) is 6.05. The molecule has 0 saturated heterocycles. The van der Waals surface area contributed by atoms with E-state index in [-0.39, 0.29) is 11.9 Å². The molecule has 5 heteroatoms.